The molecule has 4 aliphatic rings. The van der Waals surface area contributed by atoms with Crippen molar-refractivity contribution in [3.63, 3.8) is 0 Å². The van der Waals surface area contributed by atoms with Gasteiger partial charge in [-0.2, -0.15) is 9.57 Å². The third-order valence-electron chi connectivity index (χ3n) is 12.4. The van der Waals surface area contributed by atoms with Gasteiger partial charge in [-0.1, -0.05) is 12.1 Å². The molecule has 0 atom stereocenters. The molecular weight excluding hydrogens is 829 g/mol. The number of hydrogen-bond acceptors (Lipinski definition) is 12. The second-order valence-corrected chi connectivity index (χ2v) is 20.4. The molecule has 16 heteroatoms. The first kappa shape index (κ1) is 40.0. The third-order valence-corrected chi connectivity index (χ3v) is 16.6. The van der Waals surface area contributed by atoms with E-state index in [4.69, 9.17) is 23.9 Å². The van der Waals surface area contributed by atoms with Crippen molar-refractivity contribution >= 4 is 58.9 Å². The molecule has 14 nitrogen and oxygen atoms in total. The lowest BCUT2D eigenvalue weighted by molar-refractivity contribution is 0.276. The van der Waals surface area contributed by atoms with Gasteiger partial charge in [0.25, 0.3) is 0 Å². The minimum absolute atomic E-state index is 0.00112. The summed E-state index contributed by atoms with van der Waals surface area (Å²) in [6.45, 7) is 1.42. The van der Waals surface area contributed by atoms with Gasteiger partial charge < -0.3 is 23.8 Å². The highest BCUT2D eigenvalue weighted by Crippen LogP contribution is 2.46. The zero-order valence-electron chi connectivity index (χ0n) is 34.5. The van der Waals surface area contributed by atoms with Gasteiger partial charge in [-0.3, -0.25) is 14.7 Å². The van der Waals surface area contributed by atoms with Crippen LogP contribution >= 0.6 is 0 Å². The summed E-state index contributed by atoms with van der Waals surface area (Å²) < 4.78 is 80.4. The Balaban J connectivity index is 1.01. The lowest BCUT2D eigenvalue weighted by atomic mass is 9.92. The monoisotopic (exact) mass is 872 g/mol. The highest BCUT2D eigenvalue weighted by molar-refractivity contribution is 7.93. The van der Waals surface area contributed by atoms with Gasteiger partial charge in [-0.25, -0.2) is 16.8 Å². The Labute approximate surface area is 360 Å². The number of rotatable bonds is 13. The van der Waals surface area contributed by atoms with Crippen LogP contribution < -0.4 is 28.6 Å². The maximum Gasteiger partial charge on any atom is 0.235 e. The Morgan fingerprint density at radius 3 is 2.29 bits per heavy atom. The fraction of sp³-hybridized carbons (Fsp3) is 0.326. The number of pyridine rings is 2. The largest absolute Gasteiger partial charge is 0.493 e. The average molecular weight is 873 g/mol. The van der Waals surface area contributed by atoms with Crippen LogP contribution in [0.4, 0.5) is 17.1 Å². The summed E-state index contributed by atoms with van der Waals surface area (Å²) in [6.07, 6.45) is 7.43. The van der Waals surface area contributed by atoms with Crippen molar-refractivity contribution in [2.24, 2.45) is 0 Å². The van der Waals surface area contributed by atoms with E-state index in [-0.39, 0.29) is 23.7 Å². The Morgan fingerprint density at radius 1 is 0.774 bits per heavy atom. The molecule has 2 aliphatic carbocycles. The molecule has 4 aromatic carbocycles. The molecule has 6 aromatic rings. The minimum atomic E-state index is -3.39. The van der Waals surface area contributed by atoms with Crippen molar-refractivity contribution < 1.29 is 35.8 Å². The zero-order chi connectivity index (χ0) is 42.9. The summed E-state index contributed by atoms with van der Waals surface area (Å²) in [7, 11) is -2.04. The number of aromatic nitrogens is 2. The molecule has 2 aromatic heterocycles. The van der Waals surface area contributed by atoms with Gasteiger partial charge in [0, 0.05) is 65.8 Å². The van der Waals surface area contributed by atoms with Gasteiger partial charge in [0.15, 0.2) is 23.0 Å². The van der Waals surface area contributed by atoms with Gasteiger partial charge >= 0.3 is 0 Å². The van der Waals surface area contributed by atoms with E-state index in [1.54, 1.807) is 44.1 Å². The van der Waals surface area contributed by atoms with Crippen LogP contribution in [0.25, 0.3) is 32.9 Å². The number of nitrogens with one attached hydrogen (secondary N) is 1. The first-order chi connectivity index (χ1) is 30.0. The molecule has 0 saturated heterocycles. The van der Waals surface area contributed by atoms with Crippen LogP contribution in [0.3, 0.4) is 0 Å². The van der Waals surface area contributed by atoms with E-state index in [1.165, 1.54) is 0 Å². The number of nitrogens with zero attached hydrogens (tertiary/aromatic N) is 5. The van der Waals surface area contributed by atoms with Crippen LogP contribution in [0.5, 0.6) is 23.0 Å². The molecule has 0 bridgehead atoms. The Kier molecular flexibility index (Phi) is 9.88. The number of methoxy groups -OCH3 is 3. The lowest BCUT2D eigenvalue weighted by Gasteiger charge is -2.28. The number of sulfonamides is 2. The molecule has 2 saturated carbocycles. The van der Waals surface area contributed by atoms with E-state index in [9.17, 15) is 22.1 Å². The van der Waals surface area contributed by atoms with E-state index >= 15 is 0 Å². The molecule has 0 unspecified atom stereocenters. The SMILES string of the molecule is COc1cc2ncc(C#N)c(-c3ccc4c(c3)CN(S(=O)(=O)C3CC3)CC4)c2cc1OCc1c(OC)c(OC)cc2c(N3CCc4cc(NS(=O)(=O)C5CC5)ccc43)ccnc12. The van der Waals surface area contributed by atoms with Crippen molar-refractivity contribution in [1.29, 1.82) is 5.26 Å². The van der Waals surface area contributed by atoms with Crippen molar-refractivity contribution in [2.75, 3.05) is 44.0 Å². The topological polar surface area (TPSA) is 173 Å². The summed E-state index contributed by atoms with van der Waals surface area (Å²) in [6, 6.07) is 21.5. The summed E-state index contributed by atoms with van der Waals surface area (Å²) >= 11 is 0. The molecule has 4 heterocycles. The molecular formula is C46H44N6O8S2. The van der Waals surface area contributed by atoms with Gasteiger partial charge in [0.1, 0.15) is 12.7 Å². The van der Waals surface area contributed by atoms with Gasteiger partial charge in [0.2, 0.25) is 20.0 Å². The van der Waals surface area contributed by atoms with Gasteiger partial charge in [-0.15, -0.1) is 0 Å². The van der Waals surface area contributed by atoms with Crippen molar-refractivity contribution in [3.8, 4) is 40.2 Å². The first-order valence-corrected chi connectivity index (χ1v) is 23.7. The molecule has 0 amide bonds. The quantitative estimate of drug-likeness (QED) is 0.122. The van der Waals surface area contributed by atoms with E-state index in [0.29, 0.717) is 107 Å². The third kappa shape index (κ3) is 6.97. The standard InChI is InChI=1S/C46H44N6O8S2/c1-57-41-22-38-35(44(31(23-47)24-49-38)29-5-4-27-13-16-51(25-30(27)18-29)62(55,56)34-9-10-34)20-42(41)60-26-37-45-36(21-43(58-2)46(37)59-3)40(12-15-48-45)52-17-14-28-19-32(6-11-39(28)52)50-61(53,54)33-7-8-33/h4-6,11-12,15,18-22,24,33-34,50H,7-10,13-14,16-17,25-26H2,1-3H3. The number of nitriles is 1. The maximum absolute atomic E-state index is 13.2. The molecule has 1 N–H and O–H groups in total. The van der Waals surface area contributed by atoms with Crippen molar-refractivity contribution in [3.05, 3.63) is 101 Å². The van der Waals surface area contributed by atoms with Crippen LogP contribution in [0, 0.1) is 11.3 Å². The number of anilines is 3. The number of fused-ring (bicyclic) bond motifs is 4. The predicted molar refractivity (Wildman–Crippen MR) is 236 cm³/mol. The highest BCUT2D eigenvalue weighted by Gasteiger charge is 2.41. The van der Waals surface area contributed by atoms with Crippen LogP contribution in [-0.4, -0.2) is 76.0 Å². The van der Waals surface area contributed by atoms with Crippen LogP contribution in [0.15, 0.2) is 73.1 Å². The second-order valence-electron chi connectivity index (χ2n) is 16.2. The van der Waals surface area contributed by atoms with E-state index < -0.39 is 20.0 Å². The molecule has 0 spiro atoms. The smallest absolute Gasteiger partial charge is 0.235 e. The molecule has 2 fully saturated rings. The predicted octanol–water partition coefficient (Wildman–Crippen LogP) is 7.38. The summed E-state index contributed by atoms with van der Waals surface area (Å²) in [5, 5.41) is 11.2. The van der Waals surface area contributed by atoms with E-state index in [0.717, 1.165) is 45.4 Å². The second kappa shape index (κ2) is 15.3. The maximum atomic E-state index is 13.2. The molecule has 0 radical (unpaired) electrons. The lowest BCUT2D eigenvalue weighted by Crippen LogP contribution is -2.38. The Hall–Kier alpha value is -6.15. The highest BCUT2D eigenvalue weighted by atomic mass is 32.2. The normalized spacial score (nSPS) is 16.5. The first-order valence-electron chi connectivity index (χ1n) is 20.6. The van der Waals surface area contributed by atoms with Crippen molar-refractivity contribution in [1.82, 2.24) is 14.3 Å². The molecule has 62 heavy (non-hydrogen) atoms. The van der Waals surface area contributed by atoms with Crippen LogP contribution in [-0.2, 0) is 46.0 Å². The summed E-state index contributed by atoms with van der Waals surface area (Å²) in [4.78, 5) is 11.7. The van der Waals surface area contributed by atoms with E-state index in [2.05, 4.69) is 20.7 Å². The Bertz CT molecular complexity index is 3090. The number of benzene rings is 4. The van der Waals surface area contributed by atoms with Crippen molar-refractivity contribution in [2.45, 2.75) is 62.2 Å². The number of hydrogen-bond donors (Lipinski definition) is 1. The van der Waals surface area contributed by atoms with Gasteiger partial charge in [-0.05, 0) is 103 Å². The molecule has 10 rings (SSSR count). The fourth-order valence-corrected chi connectivity index (χ4v) is 12.1. The molecule has 318 valence electrons. The summed E-state index contributed by atoms with van der Waals surface area (Å²) in [5.74, 6) is 1.77. The van der Waals surface area contributed by atoms with Gasteiger partial charge in [0.05, 0.1) is 59.7 Å². The molecule has 2 aliphatic heterocycles. The summed E-state index contributed by atoms with van der Waals surface area (Å²) in [5.41, 5.74) is 9.13. The average Bonchev–Trinajstić information content (AvgIpc) is 4.23. The van der Waals surface area contributed by atoms with Crippen LogP contribution in [0.1, 0.15) is 53.5 Å². The minimum Gasteiger partial charge on any atom is -0.493 e. The van der Waals surface area contributed by atoms with E-state index in [1.807, 2.05) is 54.6 Å². The fourth-order valence-electron chi connectivity index (χ4n) is 8.88. The zero-order valence-corrected chi connectivity index (χ0v) is 36.1. The Morgan fingerprint density at radius 2 is 1.55 bits per heavy atom. The van der Waals surface area contributed by atoms with Crippen LogP contribution in [0.2, 0.25) is 0 Å². The number of ether oxygens (including phenoxy) is 4.